The van der Waals surface area contributed by atoms with Gasteiger partial charge in [-0.2, -0.15) is 0 Å². The van der Waals surface area contributed by atoms with Gasteiger partial charge in [0, 0.05) is 12.6 Å². The van der Waals surface area contributed by atoms with Crippen molar-refractivity contribution < 1.29 is 23.8 Å². The maximum atomic E-state index is 13.6. The topological polar surface area (TPSA) is 87.7 Å². The highest BCUT2D eigenvalue weighted by Crippen LogP contribution is 2.17. The average molecular weight is 312 g/mol. The number of anilines is 1. The zero-order valence-electron chi connectivity index (χ0n) is 13.1. The molecule has 0 fully saturated rings. The second-order valence-corrected chi connectivity index (χ2v) is 5.93. The minimum atomic E-state index is -1.14. The second kappa shape index (κ2) is 7.11. The van der Waals surface area contributed by atoms with Gasteiger partial charge in [-0.3, -0.25) is 0 Å². The van der Waals surface area contributed by atoms with Gasteiger partial charge in [-0.15, -0.1) is 0 Å². The van der Waals surface area contributed by atoms with E-state index in [9.17, 15) is 14.0 Å². The molecule has 1 rings (SSSR count). The number of hydrogen-bond acceptors (Lipinski definition) is 4. The van der Waals surface area contributed by atoms with E-state index in [1.807, 2.05) is 0 Å². The van der Waals surface area contributed by atoms with Crippen LogP contribution >= 0.6 is 0 Å². The predicted molar refractivity (Wildman–Crippen MR) is 80.7 cm³/mol. The van der Waals surface area contributed by atoms with E-state index in [0.717, 1.165) is 6.07 Å². The Labute approximate surface area is 128 Å². The molecule has 0 radical (unpaired) electrons. The van der Waals surface area contributed by atoms with Gasteiger partial charge >= 0.3 is 12.1 Å². The summed E-state index contributed by atoms with van der Waals surface area (Å²) in [6.07, 6.45) is -0.569. The van der Waals surface area contributed by atoms with Crippen LogP contribution in [0.25, 0.3) is 0 Å². The van der Waals surface area contributed by atoms with Crippen LogP contribution in [0.5, 0.6) is 0 Å². The number of carbonyl (C=O) groups excluding carboxylic acids is 1. The Hall–Kier alpha value is -2.31. The fourth-order valence-electron chi connectivity index (χ4n) is 1.64. The molecule has 1 atom stereocenters. The Kier molecular flexibility index (Phi) is 5.73. The van der Waals surface area contributed by atoms with Gasteiger partial charge in [0.2, 0.25) is 0 Å². The number of alkyl carbamates (subject to hydrolysis) is 1. The van der Waals surface area contributed by atoms with Crippen LogP contribution in [0.2, 0.25) is 0 Å². The van der Waals surface area contributed by atoms with Gasteiger partial charge in [0.15, 0.2) is 0 Å². The Balaban J connectivity index is 2.58. The molecule has 1 aromatic carbocycles. The summed E-state index contributed by atoms with van der Waals surface area (Å²) in [6, 6.07) is 3.17. The first-order valence-electron chi connectivity index (χ1n) is 6.84. The van der Waals surface area contributed by atoms with E-state index in [0.29, 0.717) is 0 Å². The maximum Gasteiger partial charge on any atom is 0.407 e. The molecule has 1 aromatic rings. The molecular formula is C15H21FN2O4. The van der Waals surface area contributed by atoms with Gasteiger partial charge in [0.25, 0.3) is 0 Å². The lowest BCUT2D eigenvalue weighted by atomic mass is 10.2. The Morgan fingerprint density at radius 3 is 2.55 bits per heavy atom. The normalized spacial score (nSPS) is 12.4. The van der Waals surface area contributed by atoms with Crippen molar-refractivity contribution in [3.63, 3.8) is 0 Å². The molecular weight excluding hydrogens is 291 g/mol. The van der Waals surface area contributed by atoms with E-state index in [4.69, 9.17) is 9.84 Å². The van der Waals surface area contributed by atoms with Gasteiger partial charge in [-0.1, -0.05) is 0 Å². The Morgan fingerprint density at radius 2 is 2.00 bits per heavy atom. The van der Waals surface area contributed by atoms with Crippen molar-refractivity contribution in [1.29, 1.82) is 0 Å². The molecule has 1 unspecified atom stereocenters. The number of amides is 1. The molecule has 0 aliphatic rings. The fraction of sp³-hybridized carbons (Fsp3) is 0.467. The number of carbonyl (C=O) groups is 2. The van der Waals surface area contributed by atoms with Crippen LogP contribution in [0, 0.1) is 5.82 Å². The number of halogens is 1. The smallest absolute Gasteiger partial charge is 0.407 e. The highest BCUT2D eigenvalue weighted by Gasteiger charge is 2.17. The first-order valence-corrected chi connectivity index (χ1v) is 6.84. The van der Waals surface area contributed by atoms with Crippen molar-refractivity contribution in [2.24, 2.45) is 0 Å². The zero-order chi connectivity index (χ0) is 16.9. The molecule has 0 spiro atoms. The summed E-state index contributed by atoms with van der Waals surface area (Å²) in [7, 11) is 0. The van der Waals surface area contributed by atoms with E-state index in [2.05, 4.69) is 10.6 Å². The van der Waals surface area contributed by atoms with E-state index in [1.165, 1.54) is 12.1 Å². The molecule has 0 saturated carbocycles. The number of carboxylic acids is 1. The summed E-state index contributed by atoms with van der Waals surface area (Å²) in [6.45, 7) is 7.18. The van der Waals surface area contributed by atoms with Gasteiger partial charge < -0.3 is 20.5 Å². The van der Waals surface area contributed by atoms with Crippen LogP contribution in [0.3, 0.4) is 0 Å². The molecule has 0 aliphatic heterocycles. The van der Waals surface area contributed by atoms with E-state index >= 15 is 0 Å². The van der Waals surface area contributed by atoms with Crippen molar-refractivity contribution in [2.45, 2.75) is 39.3 Å². The standard InChI is InChI=1S/C15H21FN2O4/c1-9(8-17-14(21)22-15(2,3)4)18-12-7-10(13(19)20)5-6-11(12)16/h5-7,9,18H,8H2,1-4H3,(H,17,21)(H,19,20). The summed E-state index contributed by atoms with van der Waals surface area (Å²) in [5.41, 5.74) is -0.544. The quantitative estimate of drug-likeness (QED) is 0.778. The number of hydrogen-bond donors (Lipinski definition) is 3. The lowest BCUT2D eigenvalue weighted by Gasteiger charge is -2.21. The van der Waals surface area contributed by atoms with Gasteiger partial charge in [0.05, 0.1) is 11.3 Å². The monoisotopic (exact) mass is 312 g/mol. The van der Waals surface area contributed by atoms with Crippen molar-refractivity contribution >= 4 is 17.7 Å². The summed E-state index contributed by atoms with van der Waals surface area (Å²) >= 11 is 0. The summed E-state index contributed by atoms with van der Waals surface area (Å²) in [4.78, 5) is 22.4. The van der Waals surface area contributed by atoms with Crippen molar-refractivity contribution in [3.05, 3.63) is 29.6 Å². The number of rotatable bonds is 5. The zero-order valence-corrected chi connectivity index (χ0v) is 13.1. The first-order chi connectivity index (χ1) is 10.1. The fourth-order valence-corrected chi connectivity index (χ4v) is 1.64. The van der Waals surface area contributed by atoms with Crippen LogP contribution in [-0.4, -0.2) is 35.4 Å². The first kappa shape index (κ1) is 17.7. The molecule has 7 heteroatoms. The summed E-state index contributed by atoms with van der Waals surface area (Å²) < 4.78 is 18.7. The number of carboxylic acid groups (broad SMARTS) is 1. The van der Waals surface area contributed by atoms with Crippen LogP contribution in [0.4, 0.5) is 14.9 Å². The summed E-state index contributed by atoms with van der Waals surface area (Å²) in [5, 5.41) is 14.3. The molecule has 0 heterocycles. The molecule has 0 aromatic heterocycles. The van der Waals surface area contributed by atoms with Crippen molar-refractivity contribution in [3.8, 4) is 0 Å². The average Bonchev–Trinajstić information content (AvgIpc) is 2.36. The van der Waals surface area contributed by atoms with Gasteiger partial charge in [0.1, 0.15) is 11.4 Å². The Bertz CT molecular complexity index is 555. The Morgan fingerprint density at radius 1 is 1.36 bits per heavy atom. The summed E-state index contributed by atoms with van der Waals surface area (Å²) in [5.74, 6) is -1.70. The number of aromatic carboxylic acids is 1. The van der Waals surface area contributed by atoms with Crippen LogP contribution in [-0.2, 0) is 4.74 Å². The molecule has 0 bridgehead atoms. The van der Waals surface area contributed by atoms with Crippen LogP contribution in [0.15, 0.2) is 18.2 Å². The molecule has 6 nitrogen and oxygen atoms in total. The largest absolute Gasteiger partial charge is 0.478 e. The lowest BCUT2D eigenvalue weighted by molar-refractivity contribution is 0.0525. The number of benzene rings is 1. The minimum absolute atomic E-state index is 0.0174. The SMILES string of the molecule is CC(CNC(=O)OC(C)(C)C)Nc1cc(C(=O)O)ccc1F. The van der Waals surface area contributed by atoms with Gasteiger partial charge in [-0.25, -0.2) is 14.0 Å². The third-order valence-electron chi connectivity index (χ3n) is 2.57. The minimum Gasteiger partial charge on any atom is -0.478 e. The van der Waals surface area contributed by atoms with Crippen LogP contribution < -0.4 is 10.6 Å². The number of nitrogens with one attached hydrogen (secondary N) is 2. The van der Waals surface area contributed by atoms with Gasteiger partial charge in [-0.05, 0) is 45.9 Å². The molecule has 0 saturated heterocycles. The number of ether oxygens (including phenoxy) is 1. The predicted octanol–water partition coefficient (Wildman–Crippen LogP) is 2.85. The third-order valence-corrected chi connectivity index (χ3v) is 2.57. The van der Waals surface area contributed by atoms with E-state index < -0.39 is 23.5 Å². The molecule has 122 valence electrons. The second-order valence-electron chi connectivity index (χ2n) is 5.93. The van der Waals surface area contributed by atoms with Crippen molar-refractivity contribution in [2.75, 3.05) is 11.9 Å². The third kappa shape index (κ3) is 5.99. The molecule has 0 aliphatic carbocycles. The van der Waals surface area contributed by atoms with Crippen LogP contribution in [0.1, 0.15) is 38.1 Å². The maximum absolute atomic E-state index is 13.6. The van der Waals surface area contributed by atoms with E-state index in [1.54, 1.807) is 27.7 Å². The molecule has 22 heavy (non-hydrogen) atoms. The van der Waals surface area contributed by atoms with Crippen molar-refractivity contribution in [1.82, 2.24) is 5.32 Å². The van der Waals surface area contributed by atoms with E-state index in [-0.39, 0.29) is 23.8 Å². The molecule has 3 N–H and O–H groups in total. The lowest BCUT2D eigenvalue weighted by Crippen LogP contribution is -2.38. The highest BCUT2D eigenvalue weighted by molar-refractivity contribution is 5.88. The highest BCUT2D eigenvalue weighted by atomic mass is 19.1. The molecule has 1 amide bonds.